The van der Waals surface area contributed by atoms with Gasteiger partial charge in [0.2, 0.25) is 0 Å². The van der Waals surface area contributed by atoms with E-state index in [0.717, 1.165) is 23.6 Å². The first-order valence-electron chi connectivity index (χ1n) is 6.45. The Bertz CT molecular complexity index is 499. The van der Waals surface area contributed by atoms with Crippen LogP contribution in [-0.4, -0.2) is 22.1 Å². The molecule has 0 amide bonds. The van der Waals surface area contributed by atoms with Crippen LogP contribution < -0.4 is 4.90 Å². The van der Waals surface area contributed by atoms with Gasteiger partial charge in [-0.25, -0.2) is 0 Å². The van der Waals surface area contributed by atoms with Gasteiger partial charge in [0.25, 0.3) is 0 Å². The summed E-state index contributed by atoms with van der Waals surface area (Å²) >= 11 is 0. The van der Waals surface area contributed by atoms with Crippen molar-refractivity contribution in [2.24, 2.45) is 0 Å². The number of hydrogen-bond donors (Lipinski definition) is 1. The first kappa shape index (κ1) is 13.5. The Kier molecular flexibility index (Phi) is 4.47. The van der Waals surface area contributed by atoms with E-state index in [1.807, 2.05) is 44.3 Å². The molecule has 1 atom stereocenters. The molecule has 0 aliphatic rings. The van der Waals surface area contributed by atoms with Gasteiger partial charge >= 0.3 is 0 Å². The molecule has 1 N–H and O–H groups in total. The summed E-state index contributed by atoms with van der Waals surface area (Å²) in [4.78, 5) is 10.7. The highest BCUT2D eigenvalue weighted by Gasteiger charge is 2.08. The summed E-state index contributed by atoms with van der Waals surface area (Å²) in [6.45, 7) is 2.67. The Morgan fingerprint density at radius 3 is 2.63 bits per heavy atom. The summed E-state index contributed by atoms with van der Waals surface area (Å²) in [6.07, 6.45) is 3.78. The monoisotopic (exact) mass is 257 g/mol. The van der Waals surface area contributed by atoms with Crippen molar-refractivity contribution in [2.45, 2.75) is 26.0 Å². The average molecular weight is 257 g/mol. The summed E-state index contributed by atoms with van der Waals surface area (Å²) in [5.41, 5.74) is 2.75. The number of nitrogens with zero attached hydrogens (tertiary/aromatic N) is 3. The third-order valence-electron chi connectivity index (χ3n) is 3.06. The van der Waals surface area contributed by atoms with E-state index in [0.29, 0.717) is 6.42 Å². The smallest absolute Gasteiger partial charge is 0.0957 e. The van der Waals surface area contributed by atoms with Gasteiger partial charge in [0.15, 0.2) is 0 Å². The van der Waals surface area contributed by atoms with Crippen LogP contribution in [0.1, 0.15) is 30.8 Å². The predicted octanol–water partition coefficient (Wildman–Crippen LogP) is 2.56. The molecule has 19 heavy (non-hydrogen) atoms. The van der Waals surface area contributed by atoms with Gasteiger partial charge in [0.1, 0.15) is 0 Å². The quantitative estimate of drug-likeness (QED) is 0.894. The summed E-state index contributed by atoms with van der Waals surface area (Å²) in [7, 11) is 2.00. The highest BCUT2D eigenvalue weighted by atomic mass is 16.3. The Hall–Kier alpha value is -1.94. The zero-order chi connectivity index (χ0) is 13.7. The number of aliphatic hydroxyl groups excluding tert-OH is 1. The summed E-state index contributed by atoms with van der Waals surface area (Å²) < 4.78 is 0. The molecule has 2 aromatic heterocycles. The summed E-state index contributed by atoms with van der Waals surface area (Å²) in [6, 6.07) is 9.74. The van der Waals surface area contributed by atoms with Crippen LogP contribution in [0.15, 0.2) is 42.7 Å². The second-order valence-electron chi connectivity index (χ2n) is 4.54. The molecule has 2 aromatic rings. The van der Waals surface area contributed by atoms with Crippen molar-refractivity contribution in [1.29, 1.82) is 0 Å². The van der Waals surface area contributed by atoms with Crippen molar-refractivity contribution in [3.8, 4) is 0 Å². The Labute approximate surface area is 113 Å². The molecule has 2 heterocycles. The van der Waals surface area contributed by atoms with Gasteiger partial charge in [0.05, 0.1) is 35.9 Å². The Balaban J connectivity index is 2.05. The van der Waals surface area contributed by atoms with Gasteiger partial charge in [-0.3, -0.25) is 9.97 Å². The van der Waals surface area contributed by atoms with Crippen molar-refractivity contribution in [3.05, 3.63) is 54.1 Å². The van der Waals surface area contributed by atoms with Crippen molar-refractivity contribution in [1.82, 2.24) is 9.97 Å². The topological polar surface area (TPSA) is 49.2 Å². The molecule has 0 aliphatic heterocycles. The number of rotatable bonds is 5. The largest absolute Gasteiger partial charge is 0.387 e. The Morgan fingerprint density at radius 1 is 1.21 bits per heavy atom. The fraction of sp³-hybridized carbons (Fsp3) is 0.333. The zero-order valence-corrected chi connectivity index (χ0v) is 11.3. The van der Waals surface area contributed by atoms with Crippen molar-refractivity contribution >= 4 is 5.69 Å². The minimum absolute atomic E-state index is 0.477. The second kappa shape index (κ2) is 6.29. The van der Waals surface area contributed by atoms with Crippen LogP contribution >= 0.6 is 0 Å². The fourth-order valence-electron chi connectivity index (χ4n) is 1.86. The molecule has 0 radical (unpaired) electrons. The first-order valence-corrected chi connectivity index (χ1v) is 6.45. The number of aromatic nitrogens is 2. The number of anilines is 1. The van der Waals surface area contributed by atoms with Gasteiger partial charge in [-0.2, -0.15) is 0 Å². The SMILES string of the molecule is CCC(O)c1ccc(N(C)Cc2ccccn2)cn1. The molecule has 1 unspecified atom stereocenters. The highest BCUT2D eigenvalue weighted by Crippen LogP contribution is 2.18. The lowest BCUT2D eigenvalue weighted by molar-refractivity contribution is 0.169. The van der Waals surface area contributed by atoms with Crippen LogP contribution in [0.2, 0.25) is 0 Å². The van der Waals surface area contributed by atoms with Gasteiger partial charge < -0.3 is 10.0 Å². The van der Waals surface area contributed by atoms with E-state index in [1.54, 1.807) is 12.4 Å². The molecule has 4 nitrogen and oxygen atoms in total. The van der Waals surface area contributed by atoms with Crippen molar-refractivity contribution in [2.75, 3.05) is 11.9 Å². The van der Waals surface area contributed by atoms with Crippen LogP contribution in [0.5, 0.6) is 0 Å². The molecular formula is C15H19N3O. The predicted molar refractivity (Wildman–Crippen MR) is 75.8 cm³/mol. The van der Waals surface area contributed by atoms with E-state index < -0.39 is 6.10 Å². The first-order chi connectivity index (χ1) is 9.20. The van der Waals surface area contributed by atoms with Crippen LogP contribution in [0.4, 0.5) is 5.69 Å². The molecule has 0 spiro atoms. The Morgan fingerprint density at radius 2 is 2.05 bits per heavy atom. The van der Waals surface area contributed by atoms with Crippen LogP contribution in [0.25, 0.3) is 0 Å². The lowest BCUT2D eigenvalue weighted by Gasteiger charge is -2.19. The van der Waals surface area contributed by atoms with Gasteiger partial charge in [-0.05, 0) is 30.7 Å². The van der Waals surface area contributed by atoms with Crippen LogP contribution in [-0.2, 0) is 6.54 Å². The third kappa shape index (κ3) is 3.51. The van der Waals surface area contributed by atoms with Gasteiger partial charge in [-0.1, -0.05) is 13.0 Å². The molecule has 2 rings (SSSR count). The minimum Gasteiger partial charge on any atom is -0.387 e. The molecule has 0 aliphatic carbocycles. The molecule has 0 saturated carbocycles. The number of pyridine rings is 2. The van der Waals surface area contributed by atoms with Crippen molar-refractivity contribution in [3.63, 3.8) is 0 Å². The standard InChI is InChI=1S/C15H19N3O/c1-3-15(19)14-8-7-13(10-17-14)18(2)11-12-6-4-5-9-16-12/h4-10,15,19H,3,11H2,1-2H3. The van der Waals surface area contributed by atoms with Crippen LogP contribution in [0.3, 0.4) is 0 Å². The van der Waals surface area contributed by atoms with Crippen molar-refractivity contribution < 1.29 is 5.11 Å². The lowest BCUT2D eigenvalue weighted by Crippen LogP contribution is -2.17. The maximum absolute atomic E-state index is 9.71. The van der Waals surface area contributed by atoms with E-state index >= 15 is 0 Å². The number of hydrogen-bond acceptors (Lipinski definition) is 4. The normalized spacial score (nSPS) is 12.2. The highest BCUT2D eigenvalue weighted by molar-refractivity contribution is 5.44. The van der Waals surface area contributed by atoms with Gasteiger partial charge in [0, 0.05) is 13.2 Å². The fourth-order valence-corrected chi connectivity index (χ4v) is 1.86. The molecular weight excluding hydrogens is 238 g/mol. The maximum Gasteiger partial charge on any atom is 0.0957 e. The zero-order valence-electron chi connectivity index (χ0n) is 11.3. The summed E-state index contributed by atoms with van der Waals surface area (Å²) in [5.74, 6) is 0. The molecule has 4 heteroatoms. The second-order valence-corrected chi connectivity index (χ2v) is 4.54. The van der Waals surface area contributed by atoms with Crippen LogP contribution in [0, 0.1) is 0 Å². The van der Waals surface area contributed by atoms with E-state index in [-0.39, 0.29) is 0 Å². The lowest BCUT2D eigenvalue weighted by atomic mass is 10.2. The van der Waals surface area contributed by atoms with Gasteiger partial charge in [-0.15, -0.1) is 0 Å². The van der Waals surface area contributed by atoms with E-state index in [2.05, 4.69) is 14.9 Å². The molecule has 0 fully saturated rings. The minimum atomic E-state index is -0.477. The molecule has 0 saturated heterocycles. The van der Waals surface area contributed by atoms with E-state index in [4.69, 9.17) is 0 Å². The van der Waals surface area contributed by atoms with E-state index in [9.17, 15) is 5.11 Å². The third-order valence-corrected chi connectivity index (χ3v) is 3.06. The molecule has 100 valence electrons. The molecule has 0 bridgehead atoms. The summed E-state index contributed by atoms with van der Waals surface area (Å²) in [5, 5.41) is 9.71. The van der Waals surface area contributed by atoms with E-state index in [1.165, 1.54) is 0 Å². The molecule has 0 aromatic carbocycles. The average Bonchev–Trinajstić information content (AvgIpc) is 2.47. The number of aliphatic hydroxyl groups is 1. The maximum atomic E-state index is 9.71.